The molecule has 0 saturated heterocycles. The molecule has 5 N–H and O–H groups in total. The van der Waals surface area contributed by atoms with Crippen molar-refractivity contribution in [2.24, 2.45) is 11.5 Å². The van der Waals surface area contributed by atoms with Crippen LogP contribution in [0.3, 0.4) is 0 Å². The van der Waals surface area contributed by atoms with Crippen LogP contribution in [0.5, 0.6) is 0 Å². The third-order valence-corrected chi connectivity index (χ3v) is 4.18. The first kappa shape index (κ1) is 24.8. The lowest BCUT2D eigenvalue weighted by atomic mass is 10.1. The second kappa shape index (κ2) is 17.2. The summed E-state index contributed by atoms with van der Waals surface area (Å²) in [6.07, 6.45) is 8.57. The Labute approximate surface area is 159 Å². The maximum Gasteiger partial charge on any atom is 0.247 e. The summed E-state index contributed by atoms with van der Waals surface area (Å²) >= 11 is 0. The average Bonchev–Trinajstić information content (AvgIpc) is 2.62. The third kappa shape index (κ3) is 13.1. The SMILES string of the molecule is CCCCCCCCOC[C@@H](NC(C)=O)C(=O)N(CCCN)CCCN. The molecule has 1 atom stereocenters. The van der Waals surface area contributed by atoms with E-state index in [-0.39, 0.29) is 18.4 Å². The molecule has 0 aromatic carbocycles. The Morgan fingerprint density at radius 1 is 0.962 bits per heavy atom. The molecule has 0 unspecified atom stereocenters. The number of rotatable bonds is 17. The molecule has 154 valence electrons. The van der Waals surface area contributed by atoms with E-state index in [1.807, 2.05) is 0 Å². The molecule has 0 radical (unpaired) electrons. The van der Waals surface area contributed by atoms with E-state index < -0.39 is 6.04 Å². The monoisotopic (exact) mass is 372 g/mol. The van der Waals surface area contributed by atoms with Gasteiger partial charge in [0, 0.05) is 26.6 Å². The third-order valence-electron chi connectivity index (χ3n) is 4.18. The first-order chi connectivity index (χ1) is 12.6. The maximum atomic E-state index is 12.8. The number of hydrogen-bond donors (Lipinski definition) is 3. The zero-order valence-electron chi connectivity index (χ0n) is 16.8. The molecular formula is C19H40N4O3. The predicted molar refractivity (Wildman–Crippen MR) is 106 cm³/mol. The molecule has 0 aliphatic rings. The van der Waals surface area contributed by atoms with E-state index >= 15 is 0 Å². The highest BCUT2D eigenvalue weighted by Crippen LogP contribution is 2.06. The van der Waals surface area contributed by atoms with E-state index in [1.165, 1.54) is 32.6 Å². The molecule has 2 amide bonds. The van der Waals surface area contributed by atoms with Gasteiger partial charge in [-0.1, -0.05) is 39.0 Å². The second-order valence-corrected chi connectivity index (χ2v) is 6.71. The van der Waals surface area contributed by atoms with Crippen LogP contribution in [0.1, 0.15) is 65.2 Å². The molecule has 0 bridgehead atoms. The van der Waals surface area contributed by atoms with Crippen molar-refractivity contribution in [3.8, 4) is 0 Å². The lowest BCUT2D eigenvalue weighted by Gasteiger charge is -2.27. The highest BCUT2D eigenvalue weighted by Gasteiger charge is 2.24. The average molecular weight is 373 g/mol. The lowest BCUT2D eigenvalue weighted by molar-refractivity contribution is -0.138. The Hall–Kier alpha value is -1.18. The first-order valence-electron chi connectivity index (χ1n) is 10.1. The summed E-state index contributed by atoms with van der Waals surface area (Å²) in [6.45, 7) is 6.62. The van der Waals surface area contributed by atoms with Crippen LogP contribution >= 0.6 is 0 Å². The predicted octanol–water partition coefficient (Wildman–Crippen LogP) is 1.39. The number of nitrogens with two attached hydrogens (primary N) is 2. The normalized spacial score (nSPS) is 12.0. The van der Waals surface area contributed by atoms with Crippen LogP contribution in [-0.2, 0) is 14.3 Å². The fourth-order valence-electron chi connectivity index (χ4n) is 2.72. The molecule has 0 rings (SSSR count). The highest BCUT2D eigenvalue weighted by molar-refractivity contribution is 5.87. The molecule has 0 aliphatic carbocycles. The van der Waals surface area contributed by atoms with E-state index in [9.17, 15) is 9.59 Å². The maximum absolute atomic E-state index is 12.8. The minimum atomic E-state index is -0.650. The van der Waals surface area contributed by atoms with Crippen LogP contribution in [0.4, 0.5) is 0 Å². The molecule has 0 aromatic rings. The molecule has 0 saturated carbocycles. The number of amides is 2. The smallest absolute Gasteiger partial charge is 0.247 e. The van der Waals surface area contributed by atoms with Gasteiger partial charge in [-0.2, -0.15) is 0 Å². The van der Waals surface area contributed by atoms with Crippen molar-refractivity contribution in [3.63, 3.8) is 0 Å². The van der Waals surface area contributed by atoms with Gasteiger partial charge in [0.05, 0.1) is 6.61 Å². The van der Waals surface area contributed by atoms with Gasteiger partial charge < -0.3 is 26.4 Å². The minimum Gasteiger partial charge on any atom is -0.379 e. The number of hydrogen-bond acceptors (Lipinski definition) is 5. The van der Waals surface area contributed by atoms with Crippen LogP contribution in [0, 0.1) is 0 Å². The van der Waals surface area contributed by atoms with Crippen molar-refractivity contribution >= 4 is 11.8 Å². The zero-order valence-corrected chi connectivity index (χ0v) is 16.8. The first-order valence-corrected chi connectivity index (χ1v) is 10.1. The van der Waals surface area contributed by atoms with Crippen molar-refractivity contribution < 1.29 is 14.3 Å². The number of ether oxygens (including phenoxy) is 1. The van der Waals surface area contributed by atoms with E-state index in [1.54, 1.807) is 4.90 Å². The summed E-state index contributed by atoms with van der Waals surface area (Å²) in [5.41, 5.74) is 11.1. The van der Waals surface area contributed by atoms with Crippen molar-refractivity contribution in [2.45, 2.75) is 71.3 Å². The Balaban J connectivity index is 4.39. The van der Waals surface area contributed by atoms with Crippen molar-refractivity contribution in [1.82, 2.24) is 10.2 Å². The zero-order chi connectivity index (χ0) is 19.6. The van der Waals surface area contributed by atoms with Gasteiger partial charge in [-0.25, -0.2) is 0 Å². The van der Waals surface area contributed by atoms with Gasteiger partial charge in [-0.15, -0.1) is 0 Å². The molecule has 0 fully saturated rings. The summed E-state index contributed by atoms with van der Waals surface area (Å²) < 4.78 is 5.67. The summed E-state index contributed by atoms with van der Waals surface area (Å²) in [4.78, 5) is 26.0. The van der Waals surface area contributed by atoms with Crippen molar-refractivity contribution in [3.05, 3.63) is 0 Å². The van der Waals surface area contributed by atoms with Crippen LogP contribution in [0.15, 0.2) is 0 Å². The van der Waals surface area contributed by atoms with Gasteiger partial charge in [0.15, 0.2) is 0 Å². The fraction of sp³-hybridized carbons (Fsp3) is 0.895. The Bertz CT molecular complexity index is 359. The summed E-state index contributed by atoms with van der Waals surface area (Å²) in [6, 6.07) is -0.650. The van der Waals surface area contributed by atoms with Gasteiger partial charge >= 0.3 is 0 Å². The van der Waals surface area contributed by atoms with Crippen LogP contribution in [-0.4, -0.2) is 62.1 Å². The molecule has 7 nitrogen and oxygen atoms in total. The summed E-state index contributed by atoms with van der Waals surface area (Å²) in [5.74, 6) is -0.353. The molecule has 0 spiro atoms. The van der Waals surface area contributed by atoms with Crippen molar-refractivity contribution in [1.29, 1.82) is 0 Å². The second-order valence-electron chi connectivity index (χ2n) is 6.71. The summed E-state index contributed by atoms with van der Waals surface area (Å²) in [5, 5.41) is 2.71. The molecule has 26 heavy (non-hydrogen) atoms. The quantitative estimate of drug-likeness (QED) is 0.334. The van der Waals surface area contributed by atoms with E-state index in [4.69, 9.17) is 16.2 Å². The van der Waals surface area contributed by atoms with Crippen LogP contribution in [0.2, 0.25) is 0 Å². The lowest BCUT2D eigenvalue weighted by Crippen LogP contribution is -2.51. The largest absolute Gasteiger partial charge is 0.379 e. The molecule has 0 heterocycles. The topological polar surface area (TPSA) is 111 Å². The number of unbranched alkanes of at least 4 members (excludes halogenated alkanes) is 5. The Morgan fingerprint density at radius 3 is 2.08 bits per heavy atom. The van der Waals surface area contributed by atoms with Crippen LogP contribution < -0.4 is 16.8 Å². The fourth-order valence-corrected chi connectivity index (χ4v) is 2.72. The van der Waals surface area contributed by atoms with E-state index in [0.29, 0.717) is 32.8 Å². The molecular weight excluding hydrogens is 332 g/mol. The molecule has 0 aromatic heterocycles. The number of nitrogens with one attached hydrogen (secondary N) is 1. The van der Waals surface area contributed by atoms with Gasteiger partial charge in [0.1, 0.15) is 6.04 Å². The standard InChI is InChI=1S/C19H40N4O3/c1-3-4-5-6-7-8-15-26-16-18(22-17(2)24)19(25)23(13-9-11-20)14-10-12-21/h18H,3-16,20-21H2,1-2H3,(H,22,24)/t18-/m1/s1. The van der Waals surface area contributed by atoms with Gasteiger partial charge in [-0.05, 0) is 32.4 Å². The molecule has 7 heteroatoms. The molecule has 0 aliphatic heterocycles. The summed E-state index contributed by atoms with van der Waals surface area (Å²) in [7, 11) is 0. The highest BCUT2D eigenvalue weighted by atomic mass is 16.5. The van der Waals surface area contributed by atoms with Gasteiger partial charge in [0.2, 0.25) is 11.8 Å². The van der Waals surface area contributed by atoms with E-state index in [0.717, 1.165) is 25.7 Å². The minimum absolute atomic E-state index is 0.120. The van der Waals surface area contributed by atoms with Gasteiger partial charge in [0.25, 0.3) is 0 Å². The van der Waals surface area contributed by atoms with Crippen LogP contribution in [0.25, 0.3) is 0 Å². The number of nitrogens with zero attached hydrogens (tertiary/aromatic N) is 1. The van der Waals surface area contributed by atoms with Crippen molar-refractivity contribution in [2.75, 3.05) is 39.4 Å². The number of carbonyl (C=O) groups excluding carboxylic acids is 2. The Kier molecular flexibility index (Phi) is 16.5. The number of carbonyl (C=O) groups is 2. The van der Waals surface area contributed by atoms with E-state index in [2.05, 4.69) is 12.2 Å². The van der Waals surface area contributed by atoms with Gasteiger partial charge in [-0.3, -0.25) is 9.59 Å². The Morgan fingerprint density at radius 2 is 1.54 bits per heavy atom.